The number of aryl methyl sites for hydroxylation is 3. The van der Waals surface area contributed by atoms with Gasteiger partial charge < -0.3 is 14.5 Å². The third kappa shape index (κ3) is 5.20. The number of carbonyl (C=O) groups is 2. The molecule has 0 bridgehead atoms. The van der Waals surface area contributed by atoms with Gasteiger partial charge in [-0.25, -0.2) is 17.9 Å². The van der Waals surface area contributed by atoms with Gasteiger partial charge in [-0.3, -0.25) is 4.79 Å². The average molecular weight is 397 g/mol. The summed E-state index contributed by atoms with van der Waals surface area (Å²) in [6.45, 7) is 8.55. The van der Waals surface area contributed by atoms with Gasteiger partial charge in [0.25, 0.3) is 0 Å². The van der Waals surface area contributed by atoms with Gasteiger partial charge in [0.05, 0.1) is 18.0 Å². The Hall–Kier alpha value is -2.13. The summed E-state index contributed by atoms with van der Waals surface area (Å²) >= 11 is 0. The minimum Gasteiger partial charge on any atom is -0.450 e. The van der Waals surface area contributed by atoms with Crippen LogP contribution in [0.1, 0.15) is 23.6 Å². The molecule has 0 radical (unpaired) electrons. The molecule has 1 aliphatic rings. The highest BCUT2D eigenvalue weighted by molar-refractivity contribution is 7.89. The third-order valence-electron chi connectivity index (χ3n) is 4.45. The van der Waals surface area contributed by atoms with Gasteiger partial charge in [0.1, 0.15) is 0 Å². The molecule has 150 valence electrons. The molecule has 1 fully saturated rings. The Morgan fingerprint density at radius 2 is 1.56 bits per heavy atom. The van der Waals surface area contributed by atoms with Crippen LogP contribution < -0.4 is 4.72 Å². The lowest BCUT2D eigenvalue weighted by molar-refractivity contribution is -0.131. The molecule has 1 heterocycles. The van der Waals surface area contributed by atoms with Crippen LogP contribution in [-0.2, 0) is 19.6 Å². The standard InChI is InChI=1S/C18H27N3O5S/c1-5-26-18(23)21-8-6-20(7-9-21)16(22)12-19-27(24,25)17-14(3)10-13(2)11-15(17)4/h10-11,19H,5-9,12H2,1-4H3. The average Bonchev–Trinajstić information content (AvgIpc) is 2.59. The van der Waals surface area contributed by atoms with Crippen LogP contribution >= 0.6 is 0 Å². The van der Waals surface area contributed by atoms with Gasteiger partial charge in [-0.05, 0) is 38.8 Å². The largest absolute Gasteiger partial charge is 0.450 e. The molecule has 27 heavy (non-hydrogen) atoms. The zero-order valence-electron chi connectivity index (χ0n) is 16.2. The Morgan fingerprint density at radius 3 is 2.07 bits per heavy atom. The van der Waals surface area contributed by atoms with Crippen LogP contribution in [0.4, 0.5) is 4.79 Å². The number of rotatable bonds is 5. The number of hydrogen-bond donors (Lipinski definition) is 1. The number of ether oxygens (including phenoxy) is 1. The van der Waals surface area contributed by atoms with Gasteiger partial charge in [-0.1, -0.05) is 17.7 Å². The molecule has 0 atom stereocenters. The fraction of sp³-hybridized carbons (Fsp3) is 0.556. The summed E-state index contributed by atoms with van der Waals surface area (Å²) in [5.74, 6) is -0.315. The molecule has 1 aliphatic heterocycles. The van der Waals surface area contributed by atoms with Crippen molar-refractivity contribution >= 4 is 22.0 Å². The molecule has 1 saturated heterocycles. The number of amides is 2. The first-order valence-corrected chi connectivity index (χ1v) is 10.4. The first-order valence-electron chi connectivity index (χ1n) is 8.92. The Kier molecular flexibility index (Phi) is 6.83. The second-order valence-corrected chi connectivity index (χ2v) is 8.32. The van der Waals surface area contributed by atoms with E-state index in [-0.39, 0.29) is 17.3 Å². The number of nitrogens with zero attached hydrogens (tertiary/aromatic N) is 2. The highest BCUT2D eigenvalue weighted by atomic mass is 32.2. The van der Waals surface area contributed by atoms with Crippen molar-refractivity contribution in [3.05, 3.63) is 28.8 Å². The fourth-order valence-corrected chi connectivity index (χ4v) is 4.71. The van der Waals surface area contributed by atoms with Crippen LogP contribution in [0.3, 0.4) is 0 Å². The van der Waals surface area contributed by atoms with Crippen LogP contribution in [0, 0.1) is 20.8 Å². The van der Waals surface area contributed by atoms with Crippen LogP contribution in [-0.4, -0.2) is 69.5 Å². The van der Waals surface area contributed by atoms with Gasteiger partial charge in [0.2, 0.25) is 15.9 Å². The maximum atomic E-state index is 12.6. The van der Waals surface area contributed by atoms with Gasteiger partial charge in [-0.15, -0.1) is 0 Å². The lowest BCUT2D eigenvalue weighted by Gasteiger charge is -2.34. The molecule has 1 aromatic rings. The summed E-state index contributed by atoms with van der Waals surface area (Å²) in [7, 11) is -3.79. The molecule has 0 aromatic heterocycles. The Balaban J connectivity index is 1.95. The van der Waals surface area contributed by atoms with E-state index in [1.165, 1.54) is 4.90 Å². The van der Waals surface area contributed by atoms with E-state index in [1.807, 2.05) is 6.92 Å². The summed E-state index contributed by atoms with van der Waals surface area (Å²) in [5, 5.41) is 0. The quantitative estimate of drug-likeness (QED) is 0.805. The summed E-state index contributed by atoms with van der Waals surface area (Å²) in [6, 6.07) is 3.61. The van der Waals surface area contributed by atoms with Gasteiger partial charge in [0.15, 0.2) is 0 Å². The normalized spacial score (nSPS) is 15.0. The third-order valence-corrected chi connectivity index (χ3v) is 6.15. The predicted octanol–water partition coefficient (Wildman–Crippen LogP) is 1.19. The zero-order chi connectivity index (χ0) is 20.2. The van der Waals surface area contributed by atoms with E-state index in [0.29, 0.717) is 43.9 Å². The topological polar surface area (TPSA) is 96.0 Å². The number of nitrogens with one attached hydrogen (secondary N) is 1. The van der Waals surface area contributed by atoms with E-state index in [4.69, 9.17) is 4.74 Å². The molecule has 2 amide bonds. The van der Waals surface area contributed by atoms with E-state index >= 15 is 0 Å². The second-order valence-electron chi connectivity index (χ2n) is 6.62. The summed E-state index contributed by atoms with van der Waals surface area (Å²) in [6.07, 6.45) is -0.393. The summed E-state index contributed by atoms with van der Waals surface area (Å²) in [4.78, 5) is 27.4. The summed E-state index contributed by atoms with van der Waals surface area (Å²) < 4.78 is 32.6. The molecule has 0 saturated carbocycles. The van der Waals surface area contributed by atoms with Crippen molar-refractivity contribution in [2.45, 2.75) is 32.6 Å². The van der Waals surface area contributed by atoms with E-state index in [2.05, 4.69) is 4.72 Å². The number of carbonyl (C=O) groups excluding carboxylic acids is 2. The first-order chi connectivity index (χ1) is 12.7. The Morgan fingerprint density at radius 1 is 1.04 bits per heavy atom. The minimum atomic E-state index is -3.79. The highest BCUT2D eigenvalue weighted by Crippen LogP contribution is 2.21. The van der Waals surface area contributed by atoms with Gasteiger partial charge >= 0.3 is 6.09 Å². The highest BCUT2D eigenvalue weighted by Gasteiger charge is 2.26. The molecule has 9 heteroatoms. The van der Waals surface area contributed by atoms with Gasteiger partial charge in [0, 0.05) is 26.2 Å². The molecule has 1 N–H and O–H groups in total. The predicted molar refractivity (Wildman–Crippen MR) is 101 cm³/mol. The maximum absolute atomic E-state index is 12.6. The van der Waals surface area contributed by atoms with Crippen molar-refractivity contribution < 1.29 is 22.7 Å². The van der Waals surface area contributed by atoms with Crippen molar-refractivity contribution in [2.24, 2.45) is 0 Å². The summed E-state index contributed by atoms with van der Waals surface area (Å²) in [5.41, 5.74) is 2.28. The SMILES string of the molecule is CCOC(=O)N1CCN(C(=O)CNS(=O)(=O)c2c(C)cc(C)cc2C)CC1. The fourth-order valence-electron chi connectivity index (χ4n) is 3.28. The van der Waals surface area contributed by atoms with Crippen LogP contribution in [0.5, 0.6) is 0 Å². The van der Waals surface area contributed by atoms with Crippen molar-refractivity contribution in [3.63, 3.8) is 0 Å². The van der Waals surface area contributed by atoms with E-state index in [0.717, 1.165) is 5.56 Å². The van der Waals surface area contributed by atoms with Crippen molar-refractivity contribution in [2.75, 3.05) is 39.3 Å². The van der Waals surface area contributed by atoms with Crippen LogP contribution in [0.15, 0.2) is 17.0 Å². The number of benzene rings is 1. The van der Waals surface area contributed by atoms with Crippen LogP contribution in [0.2, 0.25) is 0 Å². The van der Waals surface area contributed by atoms with Crippen molar-refractivity contribution in [3.8, 4) is 0 Å². The lowest BCUT2D eigenvalue weighted by atomic mass is 10.1. The molecule has 0 spiro atoms. The maximum Gasteiger partial charge on any atom is 0.409 e. The molecular formula is C18H27N3O5S. The molecule has 0 aliphatic carbocycles. The monoisotopic (exact) mass is 397 g/mol. The van der Waals surface area contributed by atoms with Crippen molar-refractivity contribution in [1.29, 1.82) is 0 Å². The first kappa shape index (κ1) is 21.2. The molecule has 8 nitrogen and oxygen atoms in total. The molecule has 1 aromatic carbocycles. The number of piperazine rings is 1. The second kappa shape index (κ2) is 8.71. The molecular weight excluding hydrogens is 370 g/mol. The van der Waals surface area contributed by atoms with E-state index in [9.17, 15) is 18.0 Å². The Bertz CT molecular complexity index is 791. The minimum absolute atomic E-state index is 0.216. The van der Waals surface area contributed by atoms with Gasteiger partial charge in [-0.2, -0.15) is 0 Å². The number of hydrogen-bond acceptors (Lipinski definition) is 5. The van der Waals surface area contributed by atoms with Crippen LogP contribution in [0.25, 0.3) is 0 Å². The molecule has 2 rings (SSSR count). The molecule has 0 unspecified atom stereocenters. The zero-order valence-corrected chi connectivity index (χ0v) is 17.1. The number of sulfonamides is 1. The smallest absolute Gasteiger partial charge is 0.409 e. The van der Waals surface area contributed by atoms with E-state index in [1.54, 1.807) is 37.8 Å². The Labute approximate surface area is 160 Å². The lowest BCUT2D eigenvalue weighted by Crippen LogP contribution is -2.52. The van der Waals surface area contributed by atoms with Crippen molar-refractivity contribution in [1.82, 2.24) is 14.5 Å². The van der Waals surface area contributed by atoms with E-state index < -0.39 is 16.1 Å².